The maximum atomic E-state index is 12.6. The molecule has 0 saturated carbocycles. The molecule has 0 aliphatic heterocycles. The van der Waals surface area contributed by atoms with E-state index in [0.717, 1.165) is 36.6 Å². The van der Waals surface area contributed by atoms with Gasteiger partial charge in [-0.05, 0) is 51.3 Å². The summed E-state index contributed by atoms with van der Waals surface area (Å²) in [5, 5.41) is 13.8. The van der Waals surface area contributed by atoms with Crippen LogP contribution in [0.1, 0.15) is 62.6 Å². The second kappa shape index (κ2) is 10.8. The summed E-state index contributed by atoms with van der Waals surface area (Å²) in [7, 11) is 0. The Morgan fingerprint density at radius 3 is 2.57 bits per heavy atom. The standard InChI is InChI=1S/C23H31NO6/c1-5-6-7-8-9-18-14(2)17-10-11-19(15(3)21(17)30-23(18)28)29-16(4)22(27)24-13-12-20(25)26/h10-11,16H,5-9,12-13H2,1-4H3,(H,24,27)(H,25,26)/p-1/t16-/m1/s1. The zero-order valence-electron chi connectivity index (χ0n) is 18.1. The minimum atomic E-state index is -1.23. The number of hydrogen-bond acceptors (Lipinski definition) is 6. The molecule has 0 aliphatic rings. The van der Waals surface area contributed by atoms with Crippen molar-refractivity contribution in [2.24, 2.45) is 0 Å². The number of nitrogens with one attached hydrogen (secondary N) is 1. The Balaban J connectivity index is 2.20. The van der Waals surface area contributed by atoms with E-state index in [1.165, 1.54) is 0 Å². The molecule has 1 aromatic heterocycles. The summed E-state index contributed by atoms with van der Waals surface area (Å²) in [6, 6.07) is 3.60. The molecule has 7 nitrogen and oxygen atoms in total. The van der Waals surface area contributed by atoms with Gasteiger partial charge in [-0.1, -0.05) is 26.2 Å². The van der Waals surface area contributed by atoms with Crippen LogP contribution >= 0.6 is 0 Å². The van der Waals surface area contributed by atoms with Crippen molar-refractivity contribution in [1.82, 2.24) is 5.32 Å². The molecule has 2 rings (SSSR count). The number of fused-ring (bicyclic) bond motifs is 1. The molecule has 164 valence electrons. The Bertz CT molecular complexity index is 962. The fourth-order valence-corrected chi connectivity index (χ4v) is 3.39. The number of amides is 1. The molecule has 1 heterocycles. The topological polar surface area (TPSA) is 109 Å². The lowest BCUT2D eigenvalue weighted by molar-refractivity contribution is -0.305. The number of hydrogen-bond donors (Lipinski definition) is 1. The van der Waals surface area contributed by atoms with E-state index < -0.39 is 18.0 Å². The molecule has 1 aromatic carbocycles. The van der Waals surface area contributed by atoms with Crippen molar-refractivity contribution in [3.8, 4) is 5.75 Å². The van der Waals surface area contributed by atoms with Gasteiger partial charge in [0.05, 0.1) is 0 Å². The average molecular weight is 416 g/mol. The fraction of sp³-hybridized carbons (Fsp3) is 0.522. The number of rotatable bonds is 11. The van der Waals surface area contributed by atoms with Gasteiger partial charge < -0.3 is 24.4 Å². The second-order valence-electron chi connectivity index (χ2n) is 7.54. The van der Waals surface area contributed by atoms with Gasteiger partial charge in [-0.25, -0.2) is 4.79 Å². The molecule has 1 atom stereocenters. The van der Waals surface area contributed by atoms with Crippen molar-refractivity contribution in [1.29, 1.82) is 0 Å². The third-order valence-electron chi connectivity index (χ3n) is 5.24. The summed E-state index contributed by atoms with van der Waals surface area (Å²) in [5.41, 5.74) is 2.40. The summed E-state index contributed by atoms with van der Waals surface area (Å²) in [6.45, 7) is 7.40. The van der Waals surface area contributed by atoms with E-state index in [-0.39, 0.29) is 18.6 Å². The van der Waals surface area contributed by atoms with Gasteiger partial charge in [0.15, 0.2) is 6.10 Å². The van der Waals surface area contributed by atoms with Crippen molar-refractivity contribution >= 4 is 22.8 Å². The van der Waals surface area contributed by atoms with Crippen LogP contribution in [0.25, 0.3) is 11.0 Å². The molecule has 30 heavy (non-hydrogen) atoms. The number of aliphatic carboxylic acids is 1. The molecule has 1 amide bonds. The van der Waals surface area contributed by atoms with Crippen molar-refractivity contribution < 1.29 is 23.8 Å². The summed E-state index contributed by atoms with van der Waals surface area (Å²) < 4.78 is 11.4. The van der Waals surface area contributed by atoms with Gasteiger partial charge in [-0.3, -0.25) is 4.79 Å². The maximum absolute atomic E-state index is 12.6. The second-order valence-corrected chi connectivity index (χ2v) is 7.54. The van der Waals surface area contributed by atoms with Gasteiger partial charge in [0.1, 0.15) is 11.3 Å². The molecule has 7 heteroatoms. The minimum absolute atomic E-state index is 0.0271. The van der Waals surface area contributed by atoms with Gasteiger partial charge in [0.25, 0.3) is 5.91 Å². The lowest BCUT2D eigenvalue weighted by Crippen LogP contribution is -2.38. The first kappa shape index (κ1) is 23.4. The fourth-order valence-electron chi connectivity index (χ4n) is 3.39. The summed E-state index contributed by atoms with van der Waals surface area (Å²) >= 11 is 0. The van der Waals surface area contributed by atoms with Crippen LogP contribution in [0, 0.1) is 13.8 Å². The maximum Gasteiger partial charge on any atom is 0.339 e. The molecule has 2 aromatic rings. The quantitative estimate of drug-likeness (QED) is 0.445. The third kappa shape index (κ3) is 5.84. The van der Waals surface area contributed by atoms with Crippen LogP contribution in [-0.4, -0.2) is 24.5 Å². The number of ether oxygens (including phenoxy) is 1. The first-order valence-electron chi connectivity index (χ1n) is 10.5. The zero-order chi connectivity index (χ0) is 22.3. The molecule has 0 fully saturated rings. The molecule has 0 saturated heterocycles. The molecule has 0 unspecified atom stereocenters. The highest BCUT2D eigenvalue weighted by Crippen LogP contribution is 2.30. The van der Waals surface area contributed by atoms with Crippen LogP contribution in [0.3, 0.4) is 0 Å². The Kier molecular flexibility index (Phi) is 8.45. The molecule has 1 N–H and O–H groups in total. The van der Waals surface area contributed by atoms with Gasteiger partial charge in [0, 0.05) is 35.4 Å². The SMILES string of the molecule is CCCCCCc1c(C)c2ccc(O[C@H](C)C(=O)NCCC(=O)[O-])c(C)c2oc1=O. The van der Waals surface area contributed by atoms with Crippen molar-refractivity contribution in [3.05, 3.63) is 39.2 Å². The van der Waals surface area contributed by atoms with Crippen LogP contribution in [-0.2, 0) is 16.0 Å². The van der Waals surface area contributed by atoms with E-state index in [1.807, 2.05) is 13.0 Å². The lowest BCUT2D eigenvalue weighted by Gasteiger charge is -2.17. The Hall–Kier alpha value is -2.83. The van der Waals surface area contributed by atoms with Crippen LogP contribution in [0.4, 0.5) is 0 Å². The van der Waals surface area contributed by atoms with E-state index in [2.05, 4.69) is 12.2 Å². The number of aryl methyl sites for hydroxylation is 2. The zero-order valence-corrected chi connectivity index (χ0v) is 18.1. The summed E-state index contributed by atoms with van der Waals surface area (Å²) in [6.07, 6.45) is 3.92. The average Bonchev–Trinajstić information content (AvgIpc) is 2.69. The number of carboxylic acid groups (broad SMARTS) is 1. The smallest absolute Gasteiger partial charge is 0.339 e. The van der Waals surface area contributed by atoms with E-state index in [0.29, 0.717) is 28.9 Å². The highest BCUT2D eigenvalue weighted by molar-refractivity contribution is 5.86. The van der Waals surface area contributed by atoms with Crippen molar-refractivity contribution in [3.63, 3.8) is 0 Å². The first-order valence-corrected chi connectivity index (χ1v) is 10.5. The van der Waals surface area contributed by atoms with Crippen molar-refractivity contribution in [2.45, 2.75) is 72.3 Å². The number of carboxylic acids is 1. The number of benzene rings is 1. The van der Waals surface area contributed by atoms with Gasteiger partial charge >= 0.3 is 5.63 Å². The van der Waals surface area contributed by atoms with E-state index >= 15 is 0 Å². The van der Waals surface area contributed by atoms with E-state index in [9.17, 15) is 19.5 Å². The first-order chi connectivity index (χ1) is 14.3. The lowest BCUT2D eigenvalue weighted by atomic mass is 9.99. The highest BCUT2D eigenvalue weighted by Gasteiger charge is 2.19. The normalized spacial score (nSPS) is 12.0. The van der Waals surface area contributed by atoms with Gasteiger partial charge in [-0.2, -0.15) is 0 Å². The molecule has 0 radical (unpaired) electrons. The molecule has 0 bridgehead atoms. The van der Waals surface area contributed by atoms with Crippen LogP contribution in [0.15, 0.2) is 21.3 Å². The van der Waals surface area contributed by atoms with E-state index in [4.69, 9.17) is 9.15 Å². The van der Waals surface area contributed by atoms with Crippen LogP contribution in [0.5, 0.6) is 5.75 Å². The van der Waals surface area contributed by atoms with Crippen LogP contribution in [0.2, 0.25) is 0 Å². The summed E-state index contributed by atoms with van der Waals surface area (Å²) in [4.78, 5) is 35.1. The number of carbonyl (C=O) groups excluding carboxylic acids is 2. The Labute approximate surface area is 176 Å². The minimum Gasteiger partial charge on any atom is -0.550 e. The monoisotopic (exact) mass is 416 g/mol. The predicted molar refractivity (Wildman–Crippen MR) is 113 cm³/mol. The molecular formula is C23H30NO6-. The third-order valence-corrected chi connectivity index (χ3v) is 5.24. The highest BCUT2D eigenvalue weighted by atomic mass is 16.5. The van der Waals surface area contributed by atoms with Crippen LogP contribution < -0.4 is 20.8 Å². The largest absolute Gasteiger partial charge is 0.550 e. The molecule has 0 aliphatic carbocycles. The Morgan fingerprint density at radius 2 is 1.90 bits per heavy atom. The Morgan fingerprint density at radius 1 is 1.17 bits per heavy atom. The molecular weight excluding hydrogens is 386 g/mol. The van der Waals surface area contributed by atoms with Gasteiger partial charge in [0.2, 0.25) is 0 Å². The number of unbranched alkanes of at least 4 members (excludes halogenated alkanes) is 3. The van der Waals surface area contributed by atoms with E-state index in [1.54, 1.807) is 19.9 Å². The van der Waals surface area contributed by atoms with Crippen molar-refractivity contribution in [2.75, 3.05) is 6.54 Å². The predicted octanol–water partition coefficient (Wildman–Crippen LogP) is 2.56. The molecule has 0 spiro atoms. The summed E-state index contributed by atoms with van der Waals surface area (Å²) in [5.74, 6) is -1.23. The number of carbonyl (C=O) groups is 2. The van der Waals surface area contributed by atoms with Gasteiger partial charge in [-0.15, -0.1) is 0 Å².